The van der Waals surface area contributed by atoms with Crippen LogP contribution in [0.3, 0.4) is 0 Å². The van der Waals surface area contributed by atoms with E-state index in [9.17, 15) is 0 Å². The van der Waals surface area contributed by atoms with E-state index >= 15 is 0 Å². The van der Waals surface area contributed by atoms with Crippen LogP contribution in [-0.4, -0.2) is 53.2 Å². The molecule has 1 saturated heterocycles. The van der Waals surface area contributed by atoms with Crippen LogP contribution in [0.25, 0.3) is 0 Å². The Morgan fingerprint density at radius 3 is 2.58 bits per heavy atom. The van der Waals surface area contributed by atoms with Crippen molar-refractivity contribution in [3.05, 3.63) is 41.0 Å². The van der Waals surface area contributed by atoms with Crippen molar-refractivity contribution >= 4 is 0 Å². The molecule has 1 aliphatic heterocycles. The van der Waals surface area contributed by atoms with Gasteiger partial charge in [-0.1, -0.05) is 22.9 Å². The number of hydrogen-bond donors (Lipinski definition) is 0. The van der Waals surface area contributed by atoms with Crippen molar-refractivity contribution in [1.82, 2.24) is 19.9 Å². The van der Waals surface area contributed by atoms with Gasteiger partial charge in [-0.2, -0.15) is 4.98 Å². The topological polar surface area (TPSA) is 54.6 Å². The maximum atomic E-state index is 5.50. The number of aromatic nitrogens is 2. The van der Waals surface area contributed by atoms with Gasteiger partial charge in [0.2, 0.25) is 5.89 Å². The molecule has 1 aromatic carbocycles. The average molecular weight is 330 g/mol. The van der Waals surface area contributed by atoms with Gasteiger partial charge in [0, 0.05) is 38.3 Å². The predicted octanol–water partition coefficient (Wildman–Crippen LogP) is 2.57. The van der Waals surface area contributed by atoms with Crippen LogP contribution in [-0.2, 0) is 6.54 Å². The minimum atomic E-state index is 0.168. The van der Waals surface area contributed by atoms with Crippen molar-refractivity contribution in [3.8, 4) is 5.75 Å². The molecule has 0 N–H and O–H groups in total. The van der Waals surface area contributed by atoms with Crippen molar-refractivity contribution in [2.24, 2.45) is 0 Å². The fourth-order valence-corrected chi connectivity index (χ4v) is 3.22. The highest BCUT2D eigenvalue weighted by Gasteiger charge is 2.25. The van der Waals surface area contributed by atoms with E-state index in [1.165, 1.54) is 11.1 Å². The Morgan fingerprint density at radius 2 is 1.96 bits per heavy atom. The van der Waals surface area contributed by atoms with E-state index < -0.39 is 0 Å². The van der Waals surface area contributed by atoms with Crippen LogP contribution < -0.4 is 4.74 Å². The lowest BCUT2D eigenvalue weighted by atomic mass is 10.1. The van der Waals surface area contributed by atoms with Gasteiger partial charge in [-0.3, -0.25) is 9.80 Å². The van der Waals surface area contributed by atoms with Crippen LogP contribution in [0.4, 0.5) is 0 Å². The third kappa shape index (κ3) is 3.76. The monoisotopic (exact) mass is 330 g/mol. The Morgan fingerprint density at radius 1 is 1.21 bits per heavy atom. The smallest absolute Gasteiger partial charge is 0.243 e. The molecule has 0 unspecified atom stereocenters. The third-order valence-corrected chi connectivity index (χ3v) is 4.69. The summed E-state index contributed by atoms with van der Waals surface area (Å²) in [4.78, 5) is 9.23. The highest BCUT2D eigenvalue weighted by atomic mass is 16.5. The second-order valence-corrected chi connectivity index (χ2v) is 6.48. The first-order valence-corrected chi connectivity index (χ1v) is 8.47. The second kappa shape index (κ2) is 7.32. The van der Waals surface area contributed by atoms with Gasteiger partial charge in [-0.15, -0.1) is 0 Å². The third-order valence-electron chi connectivity index (χ3n) is 4.69. The predicted molar refractivity (Wildman–Crippen MR) is 92.0 cm³/mol. The lowest BCUT2D eigenvalue weighted by Crippen LogP contribution is -2.46. The highest BCUT2D eigenvalue weighted by molar-refractivity contribution is 5.36. The molecule has 2 aromatic rings. The summed E-state index contributed by atoms with van der Waals surface area (Å²) in [6.45, 7) is 11.1. The molecule has 0 aliphatic carbocycles. The Hall–Kier alpha value is -1.92. The van der Waals surface area contributed by atoms with Crippen LogP contribution in [0.1, 0.15) is 35.8 Å². The fourth-order valence-electron chi connectivity index (χ4n) is 3.22. The molecule has 1 aromatic heterocycles. The van der Waals surface area contributed by atoms with E-state index in [0.29, 0.717) is 11.7 Å². The van der Waals surface area contributed by atoms with Crippen LogP contribution in [0.15, 0.2) is 22.7 Å². The van der Waals surface area contributed by atoms with E-state index in [-0.39, 0.29) is 6.04 Å². The Bertz CT molecular complexity index is 677. The quantitative estimate of drug-likeness (QED) is 0.840. The van der Waals surface area contributed by atoms with Crippen molar-refractivity contribution in [2.75, 3.05) is 33.3 Å². The van der Waals surface area contributed by atoms with E-state index in [0.717, 1.165) is 38.5 Å². The second-order valence-electron chi connectivity index (χ2n) is 6.48. The SMILES string of the molecule is COc1ccc(C)cc1CN1CCN([C@H](C)c2nc(C)no2)CC1. The van der Waals surface area contributed by atoms with Crippen LogP contribution in [0, 0.1) is 13.8 Å². The van der Waals surface area contributed by atoms with Gasteiger partial charge in [0.25, 0.3) is 0 Å². The van der Waals surface area contributed by atoms with Crippen molar-refractivity contribution in [1.29, 1.82) is 0 Å². The summed E-state index contributed by atoms with van der Waals surface area (Å²) in [6, 6.07) is 6.53. The zero-order valence-electron chi connectivity index (χ0n) is 15.0. The van der Waals surface area contributed by atoms with Gasteiger partial charge in [0.1, 0.15) is 5.75 Å². The standard InChI is InChI=1S/C18H26N4O2/c1-13-5-6-17(23-4)16(11-13)12-21-7-9-22(10-8-21)14(2)18-19-15(3)20-24-18/h5-6,11,14H,7-10,12H2,1-4H3/t14-/m1/s1. The average Bonchev–Trinajstić information content (AvgIpc) is 3.02. The highest BCUT2D eigenvalue weighted by Crippen LogP contribution is 2.24. The molecule has 0 radical (unpaired) electrons. The lowest BCUT2D eigenvalue weighted by Gasteiger charge is -2.37. The molecule has 2 heterocycles. The molecule has 6 nitrogen and oxygen atoms in total. The van der Waals surface area contributed by atoms with Gasteiger partial charge >= 0.3 is 0 Å². The Kier molecular flexibility index (Phi) is 5.16. The largest absolute Gasteiger partial charge is 0.496 e. The normalized spacial score (nSPS) is 17.8. The number of nitrogens with zero attached hydrogens (tertiary/aromatic N) is 4. The number of benzene rings is 1. The number of piperazine rings is 1. The minimum Gasteiger partial charge on any atom is -0.496 e. The molecule has 0 bridgehead atoms. The summed E-state index contributed by atoms with van der Waals surface area (Å²) in [7, 11) is 1.74. The Balaban J connectivity index is 1.58. The molecule has 1 fully saturated rings. The zero-order valence-corrected chi connectivity index (χ0v) is 15.0. The molecule has 24 heavy (non-hydrogen) atoms. The minimum absolute atomic E-state index is 0.168. The fraction of sp³-hybridized carbons (Fsp3) is 0.556. The summed E-state index contributed by atoms with van der Waals surface area (Å²) >= 11 is 0. The van der Waals surface area contributed by atoms with Crippen molar-refractivity contribution in [3.63, 3.8) is 0 Å². The van der Waals surface area contributed by atoms with E-state index in [1.807, 2.05) is 6.92 Å². The van der Waals surface area contributed by atoms with E-state index in [4.69, 9.17) is 9.26 Å². The van der Waals surface area contributed by atoms with E-state index in [1.54, 1.807) is 7.11 Å². The maximum absolute atomic E-state index is 5.50. The summed E-state index contributed by atoms with van der Waals surface area (Å²) in [5, 5.41) is 3.89. The first-order chi connectivity index (χ1) is 11.6. The number of hydrogen-bond acceptors (Lipinski definition) is 6. The molecule has 130 valence electrons. The number of methoxy groups -OCH3 is 1. The molecule has 6 heteroatoms. The summed E-state index contributed by atoms with van der Waals surface area (Å²) in [6.07, 6.45) is 0. The van der Waals surface area contributed by atoms with Crippen LogP contribution >= 0.6 is 0 Å². The van der Waals surface area contributed by atoms with E-state index in [2.05, 4.69) is 52.0 Å². The van der Waals surface area contributed by atoms with Crippen LogP contribution in [0.5, 0.6) is 5.75 Å². The molecule has 1 atom stereocenters. The van der Waals surface area contributed by atoms with Gasteiger partial charge in [0.15, 0.2) is 5.82 Å². The molecular weight excluding hydrogens is 304 g/mol. The van der Waals surface area contributed by atoms with Crippen LogP contribution in [0.2, 0.25) is 0 Å². The molecule has 3 rings (SSSR count). The number of rotatable bonds is 5. The summed E-state index contributed by atoms with van der Waals surface area (Å²) in [5.74, 6) is 2.38. The van der Waals surface area contributed by atoms with Crippen molar-refractivity contribution in [2.45, 2.75) is 33.4 Å². The molecule has 1 aliphatic rings. The summed E-state index contributed by atoms with van der Waals surface area (Å²) < 4.78 is 10.8. The summed E-state index contributed by atoms with van der Waals surface area (Å²) in [5.41, 5.74) is 2.52. The molecular formula is C18H26N4O2. The molecule has 0 saturated carbocycles. The lowest BCUT2D eigenvalue weighted by molar-refractivity contribution is 0.0841. The van der Waals surface area contributed by atoms with Crippen molar-refractivity contribution < 1.29 is 9.26 Å². The van der Waals surface area contributed by atoms with Gasteiger partial charge in [0.05, 0.1) is 13.2 Å². The number of ether oxygens (including phenoxy) is 1. The first-order valence-electron chi connectivity index (χ1n) is 8.47. The van der Waals surface area contributed by atoms with Gasteiger partial charge < -0.3 is 9.26 Å². The maximum Gasteiger partial charge on any atom is 0.243 e. The molecule has 0 amide bonds. The zero-order chi connectivity index (χ0) is 17.1. The van der Waals surface area contributed by atoms with Gasteiger partial charge in [-0.05, 0) is 26.8 Å². The number of aryl methyl sites for hydroxylation is 2. The van der Waals surface area contributed by atoms with Gasteiger partial charge in [-0.25, -0.2) is 0 Å². The Labute approximate surface area is 143 Å². The molecule has 0 spiro atoms. The first kappa shape index (κ1) is 16.9.